The van der Waals surface area contributed by atoms with Crippen LogP contribution < -0.4 is 11.2 Å². The van der Waals surface area contributed by atoms with Gasteiger partial charge in [0, 0.05) is 6.54 Å². The Morgan fingerprint density at radius 1 is 1.39 bits per heavy atom. The zero-order valence-corrected chi connectivity index (χ0v) is 9.60. The number of aromatic nitrogens is 4. The van der Waals surface area contributed by atoms with Crippen LogP contribution in [0.2, 0.25) is 0 Å². The lowest BCUT2D eigenvalue weighted by molar-refractivity contribution is -0.393. The molecule has 0 saturated heterocycles. The Bertz CT molecular complexity index is 710. The van der Waals surface area contributed by atoms with Gasteiger partial charge in [0.15, 0.2) is 0 Å². The summed E-state index contributed by atoms with van der Waals surface area (Å²) in [6.07, 6.45) is 1.50. The van der Waals surface area contributed by atoms with Crippen molar-refractivity contribution in [3.8, 4) is 0 Å². The Morgan fingerprint density at radius 2 is 2.11 bits per heavy atom. The highest BCUT2D eigenvalue weighted by atomic mass is 16.6. The van der Waals surface area contributed by atoms with Gasteiger partial charge in [-0.1, -0.05) is 13.3 Å². The lowest BCUT2D eigenvalue weighted by Gasteiger charge is -2.00. The Labute approximate surface area is 99.6 Å². The zero-order chi connectivity index (χ0) is 13.3. The van der Waals surface area contributed by atoms with Gasteiger partial charge < -0.3 is 10.1 Å². The standard InChI is InChI=1S/C9H11N5O4/c1-2-3-4-13-7(15)5-6(12-9(13)16)11-8(10-5)14(17)18/h2-4H2,1H3,(H,10,11)(H,12,16). The predicted molar refractivity (Wildman–Crippen MR) is 62.5 cm³/mol. The van der Waals surface area contributed by atoms with Crippen LogP contribution in [-0.2, 0) is 6.54 Å². The Morgan fingerprint density at radius 3 is 2.72 bits per heavy atom. The molecule has 9 heteroatoms. The first-order valence-electron chi connectivity index (χ1n) is 5.41. The molecular formula is C9H11N5O4. The third kappa shape index (κ3) is 1.90. The molecule has 0 unspecified atom stereocenters. The second kappa shape index (κ2) is 4.43. The fourth-order valence-electron chi connectivity index (χ4n) is 1.61. The number of unbranched alkanes of at least 4 members (excludes halogenated alkanes) is 1. The van der Waals surface area contributed by atoms with E-state index in [1.165, 1.54) is 0 Å². The summed E-state index contributed by atoms with van der Waals surface area (Å²) in [4.78, 5) is 41.5. The highest BCUT2D eigenvalue weighted by Gasteiger charge is 2.19. The molecule has 0 aliphatic rings. The molecule has 0 bridgehead atoms. The first-order valence-corrected chi connectivity index (χ1v) is 5.41. The summed E-state index contributed by atoms with van der Waals surface area (Å²) >= 11 is 0. The fourth-order valence-corrected chi connectivity index (χ4v) is 1.61. The number of H-pyrrole nitrogens is 2. The summed E-state index contributed by atoms with van der Waals surface area (Å²) in [5.74, 6) is -0.564. The second-order valence-electron chi connectivity index (χ2n) is 3.78. The van der Waals surface area contributed by atoms with Gasteiger partial charge in [-0.2, -0.15) is 0 Å². The van der Waals surface area contributed by atoms with E-state index in [0.29, 0.717) is 6.42 Å². The van der Waals surface area contributed by atoms with Crippen LogP contribution >= 0.6 is 0 Å². The fraction of sp³-hybridized carbons (Fsp3) is 0.444. The minimum absolute atomic E-state index is 0.0580. The monoisotopic (exact) mass is 253 g/mol. The number of fused-ring (bicyclic) bond motifs is 1. The lowest BCUT2D eigenvalue weighted by atomic mass is 10.3. The average Bonchev–Trinajstić information content (AvgIpc) is 2.73. The number of nitrogens with zero attached hydrogens (tertiary/aromatic N) is 3. The van der Waals surface area contributed by atoms with E-state index in [2.05, 4.69) is 15.0 Å². The maximum atomic E-state index is 11.9. The van der Waals surface area contributed by atoms with Crippen molar-refractivity contribution < 1.29 is 4.92 Å². The van der Waals surface area contributed by atoms with Crippen molar-refractivity contribution in [3.63, 3.8) is 0 Å². The summed E-state index contributed by atoms with van der Waals surface area (Å²) in [7, 11) is 0. The van der Waals surface area contributed by atoms with Crippen LogP contribution in [0.1, 0.15) is 19.8 Å². The summed E-state index contributed by atoms with van der Waals surface area (Å²) in [6, 6.07) is 0. The van der Waals surface area contributed by atoms with E-state index in [1.54, 1.807) is 0 Å². The van der Waals surface area contributed by atoms with E-state index in [-0.39, 0.29) is 17.7 Å². The Kier molecular flexibility index (Phi) is 2.96. The number of hydrogen-bond acceptors (Lipinski definition) is 5. The summed E-state index contributed by atoms with van der Waals surface area (Å²) in [5.41, 5.74) is -1.35. The lowest BCUT2D eigenvalue weighted by Crippen LogP contribution is -2.35. The molecule has 2 aromatic heterocycles. The summed E-state index contributed by atoms with van der Waals surface area (Å²) in [5, 5.41) is 10.5. The van der Waals surface area contributed by atoms with Crippen molar-refractivity contribution in [2.24, 2.45) is 0 Å². The first kappa shape index (κ1) is 12.0. The molecular weight excluding hydrogens is 242 g/mol. The highest BCUT2D eigenvalue weighted by Crippen LogP contribution is 2.08. The third-order valence-corrected chi connectivity index (χ3v) is 2.53. The van der Waals surface area contributed by atoms with Crippen molar-refractivity contribution >= 4 is 17.1 Å². The number of nitro groups is 1. The molecule has 0 saturated carbocycles. The van der Waals surface area contributed by atoms with Gasteiger partial charge in [-0.15, -0.1) is 0 Å². The van der Waals surface area contributed by atoms with Crippen LogP contribution in [0.3, 0.4) is 0 Å². The Balaban J connectivity index is 2.65. The van der Waals surface area contributed by atoms with Crippen LogP contribution in [0.15, 0.2) is 9.59 Å². The molecule has 0 aromatic carbocycles. The van der Waals surface area contributed by atoms with Crippen LogP contribution in [0.25, 0.3) is 11.2 Å². The van der Waals surface area contributed by atoms with Gasteiger partial charge in [-0.25, -0.2) is 9.78 Å². The van der Waals surface area contributed by atoms with Crippen LogP contribution in [0.4, 0.5) is 5.95 Å². The number of rotatable bonds is 4. The number of nitrogens with one attached hydrogen (secondary N) is 2. The van der Waals surface area contributed by atoms with Crippen molar-refractivity contribution in [1.82, 2.24) is 19.5 Å². The van der Waals surface area contributed by atoms with Crippen molar-refractivity contribution in [1.29, 1.82) is 0 Å². The molecule has 0 spiro atoms. The summed E-state index contributed by atoms with van der Waals surface area (Å²) in [6.45, 7) is 2.20. The van der Waals surface area contributed by atoms with Gasteiger partial charge in [0.2, 0.25) is 5.52 Å². The topological polar surface area (TPSA) is 127 Å². The van der Waals surface area contributed by atoms with Crippen LogP contribution in [0.5, 0.6) is 0 Å². The van der Waals surface area contributed by atoms with E-state index in [4.69, 9.17) is 0 Å². The van der Waals surface area contributed by atoms with E-state index in [1.807, 2.05) is 6.92 Å². The number of imidazole rings is 1. The number of aromatic amines is 2. The van der Waals surface area contributed by atoms with Gasteiger partial charge in [0.1, 0.15) is 0 Å². The normalized spacial score (nSPS) is 10.9. The smallest absolute Gasteiger partial charge is 0.390 e. The Hall–Kier alpha value is -2.45. The van der Waals surface area contributed by atoms with Gasteiger partial charge >= 0.3 is 11.6 Å². The second-order valence-corrected chi connectivity index (χ2v) is 3.78. The van der Waals surface area contributed by atoms with Crippen molar-refractivity contribution in [2.75, 3.05) is 0 Å². The molecule has 0 atom stereocenters. The zero-order valence-electron chi connectivity index (χ0n) is 9.60. The molecule has 96 valence electrons. The first-order chi connectivity index (χ1) is 8.54. The minimum Gasteiger partial charge on any atom is -0.390 e. The van der Waals surface area contributed by atoms with E-state index in [9.17, 15) is 19.7 Å². The average molecular weight is 253 g/mol. The molecule has 0 aliphatic heterocycles. The molecule has 0 radical (unpaired) electrons. The van der Waals surface area contributed by atoms with Gasteiger partial charge in [0.25, 0.3) is 11.2 Å². The molecule has 2 aromatic rings. The van der Waals surface area contributed by atoms with Crippen LogP contribution in [-0.4, -0.2) is 24.4 Å². The highest BCUT2D eigenvalue weighted by molar-refractivity contribution is 5.70. The number of hydrogen-bond donors (Lipinski definition) is 2. The molecule has 0 amide bonds. The molecule has 2 rings (SSSR count). The van der Waals surface area contributed by atoms with E-state index in [0.717, 1.165) is 11.0 Å². The summed E-state index contributed by atoms with van der Waals surface area (Å²) < 4.78 is 1.01. The van der Waals surface area contributed by atoms with Gasteiger partial charge in [0.05, 0.1) is 0 Å². The SMILES string of the molecule is CCCCn1c(=O)[nH]c2nc([N+](=O)[O-])[nH]c2c1=O. The van der Waals surface area contributed by atoms with E-state index >= 15 is 0 Å². The van der Waals surface area contributed by atoms with Crippen molar-refractivity contribution in [2.45, 2.75) is 26.3 Å². The quantitative estimate of drug-likeness (QED) is 0.591. The molecule has 9 nitrogen and oxygen atoms in total. The van der Waals surface area contributed by atoms with Crippen molar-refractivity contribution in [3.05, 3.63) is 31.0 Å². The van der Waals surface area contributed by atoms with Gasteiger partial charge in [-0.05, 0) is 16.3 Å². The van der Waals surface area contributed by atoms with Crippen LogP contribution in [0, 0.1) is 10.1 Å². The maximum absolute atomic E-state index is 11.9. The molecule has 0 aliphatic carbocycles. The molecule has 18 heavy (non-hydrogen) atoms. The molecule has 2 heterocycles. The molecule has 2 N–H and O–H groups in total. The third-order valence-electron chi connectivity index (χ3n) is 2.53. The van der Waals surface area contributed by atoms with E-state index < -0.39 is 22.1 Å². The predicted octanol–water partition coefficient (Wildman–Crippen LogP) is 0.121. The largest absolute Gasteiger partial charge is 0.435 e. The van der Waals surface area contributed by atoms with Gasteiger partial charge in [-0.3, -0.25) is 14.3 Å². The maximum Gasteiger partial charge on any atom is 0.435 e. The molecule has 0 fully saturated rings. The minimum atomic E-state index is -0.756.